The van der Waals surface area contributed by atoms with E-state index in [4.69, 9.17) is 32.7 Å². The van der Waals surface area contributed by atoms with Crippen molar-refractivity contribution in [3.63, 3.8) is 0 Å². The van der Waals surface area contributed by atoms with Gasteiger partial charge in [-0.1, -0.05) is 29.3 Å². The van der Waals surface area contributed by atoms with Crippen LogP contribution in [0.25, 0.3) is 0 Å². The van der Waals surface area contributed by atoms with Crippen LogP contribution in [0.2, 0.25) is 10.0 Å². The molecule has 132 valence electrons. The standard InChI is InChI=1S/C16H20Cl2N2O4/c1-16(2,3)24-15(22)20-7-8-23-12(9-20)14(21)19-11-6-4-5-10(17)13(11)18/h4-6,12H,7-9H2,1-3H3,(H,19,21). The molecule has 0 bridgehead atoms. The lowest BCUT2D eigenvalue weighted by molar-refractivity contribution is -0.132. The molecule has 0 radical (unpaired) electrons. The van der Waals surface area contributed by atoms with Crippen molar-refractivity contribution in [1.82, 2.24) is 4.90 Å². The Morgan fingerprint density at radius 2 is 2.04 bits per heavy atom. The molecule has 1 fully saturated rings. The second kappa shape index (κ2) is 7.59. The van der Waals surface area contributed by atoms with E-state index in [1.807, 2.05) is 0 Å². The maximum Gasteiger partial charge on any atom is 0.410 e. The van der Waals surface area contributed by atoms with Crippen LogP contribution in [-0.2, 0) is 14.3 Å². The molecule has 1 aromatic rings. The molecule has 6 nitrogen and oxygen atoms in total. The molecule has 1 aliphatic rings. The number of morpholine rings is 1. The number of hydrogen-bond acceptors (Lipinski definition) is 4. The highest BCUT2D eigenvalue weighted by atomic mass is 35.5. The van der Waals surface area contributed by atoms with Crippen LogP contribution >= 0.6 is 23.2 Å². The van der Waals surface area contributed by atoms with Crippen molar-refractivity contribution in [3.8, 4) is 0 Å². The van der Waals surface area contributed by atoms with E-state index in [-0.39, 0.29) is 18.2 Å². The fourth-order valence-electron chi connectivity index (χ4n) is 2.11. The lowest BCUT2D eigenvalue weighted by Crippen LogP contribution is -2.51. The number of carbonyl (C=O) groups is 2. The molecule has 1 atom stereocenters. The molecule has 2 amide bonds. The Hall–Kier alpha value is -1.50. The first kappa shape index (κ1) is 18.8. The van der Waals surface area contributed by atoms with Crippen LogP contribution < -0.4 is 5.32 Å². The summed E-state index contributed by atoms with van der Waals surface area (Å²) < 4.78 is 10.8. The molecule has 0 aliphatic carbocycles. The van der Waals surface area contributed by atoms with Gasteiger partial charge in [-0.3, -0.25) is 4.79 Å². The smallest absolute Gasteiger partial charge is 0.410 e. The van der Waals surface area contributed by atoms with Crippen molar-refractivity contribution >= 4 is 40.9 Å². The molecule has 0 spiro atoms. The Kier molecular flexibility index (Phi) is 5.96. The molecule has 1 heterocycles. The third-order valence-corrected chi connectivity index (χ3v) is 4.04. The first-order valence-corrected chi connectivity index (χ1v) is 8.27. The van der Waals surface area contributed by atoms with Crippen LogP contribution in [0.1, 0.15) is 20.8 Å². The molecule has 0 saturated carbocycles. The highest BCUT2D eigenvalue weighted by molar-refractivity contribution is 6.44. The van der Waals surface area contributed by atoms with E-state index in [1.54, 1.807) is 39.0 Å². The first-order chi connectivity index (χ1) is 11.2. The van der Waals surface area contributed by atoms with Crippen LogP contribution in [0, 0.1) is 0 Å². The van der Waals surface area contributed by atoms with Gasteiger partial charge in [-0.2, -0.15) is 0 Å². The molecule has 1 saturated heterocycles. The van der Waals surface area contributed by atoms with E-state index in [2.05, 4.69) is 5.32 Å². The zero-order valence-corrected chi connectivity index (χ0v) is 15.3. The summed E-state index contributed by atoms with van der Waals surface area (Å²) in [7, 11) is 0. The SMILES string of the molecule is CC(C)(C)OC(=O)N1CCOC(C(=O)Nc2cccc(Cl)c2Cl)C1. The van der Waals surface area contributed by atoms with Gasteiger partial charge in [-0.05, 0) is 32.9 Å². The minimum Gasteiger partial charge on any atom is -0.444 e. The summed E-state index contributed by atoms with van der Waals surface area (Å²) in [5.41, 5.74) is -0.200. The Morgan fingerprint density at radius 1 is 1.33 bits per heavy atom. The van der Waals surface area contributed by atoms with Gasteiger partial charge in [0, 0.05) is 6.54 Å². The van der Waals surface area contributed by atoms with E-state index in [0.717, 1.165) is 0 Å². The third-order valence-electron chi connectivity index (χ3n) is 3.22. The lowest BCUT2D eigenvalue weighted by Gasteiger charge is -2.33. The van der Waals surface area contributed by atoms with E-state index in [1.165, 1.54) is 4.90 Å². The number of benzene rings is 1. The number of amides is 2. The molecule has 2 rings (SSSR count). The van der Waals surface area contributed by atoms with Gasteiger partial charge < -0.3 is 19.7 Å². The van der Waals surface area contributed by atoms with Crippen molar-refractivity contribution < 1.29 is 19.1 Å². The molecule has 1 aromatic carbocycles. The zero-order valence-electron chi connectivity index (χ0n) is 13.8. The number of nitrogens with zero attached hydrogens (tertiary/aromatic N) is 1. The van der Waals surface area contributed by atoms with Crippen molar-refractivity contribution in [2.24, 2.45) is 0 Å². The van der Waals surface area contributed by atoms with Gasteiger partial charge in [0.1, 0.15) is 5.60 Å². The summed E-state index contributed by atoms with van der Waals surface area (Å²) in [4.78, 5) is 25.9. The number of carbonyl (C=O) groups excluding carboxylic acids is 2. The Balaban J connectivity index is 2.00. The van der Waals surface area contributed by atoms with E-state index in [9.17, 15) is 9.59 Å². The van der Waals surface area contributed by atoms with Gasteiger partial charge in [0.2, 0.25) is 0 Å². The average molecular weight is 375 g/mol. The van der Waals surface area contributed by atoms with E-state index < -0.39 is 23.7 Å². The predicted octanol–water partition coefficient (Wildman–Crippen LogP) is 3.57. The second-order valence-corrected chi connectivity index (χ2v) is 7.16. The molecule has 24 heavy (non-hydrogen) atoms. The number of halogens is 2. The van der Waals surface area contributed by atoms with Crippen LogP contribution in [0.5, 0.6) is 0 Å². The normalized spacial score (nSPS) is 18.2. The molecule has 1 N–H and O–H groups in total. The van der Waals surface area contributed by atoms with Gasteiger partial charge in [0.15, 0.2) is 6.10 Å². The summed E-state index contributed by atoms with van der Waals surface area (Å²) in [6, 6.07) is 4.94. The topological polar surface area (TPSA) is 67.9 Å². The van der Waals surface area contributed by atoms with E-state index >= 15 is 0 Å². The maximum atomic E-state index is 12.4. The minimum absolute atomic E-state index is 0.110. The lowest BCUT2D eigenvalue weighted by atomic mass is 10.2. The highest BCUT2D eigenvalue weighted by Crippen LogP contribution is 2.29. The van der Waals surface area contributed by atoms with Gasteiger partial charge in [0.25, 0.3) is 5.91 Å². The second-order valence-electron chi connectivity index (χ2n) is 6.38. The number of nitrogens with one attached hydrogen (secondary N) is 1. The third kappa shape index (κ3) is 5.00. The Morgan fingerprint density at radius 3 is 2.71 bits per heavy atom. The molecular weight excluding hydrogens is 355 g/mol. The Bertz CT molecular complexity index is 631. The first-order valence-electron chi connectivity index (χ1n) is 7.52. The van der Waals surface area contributed by atoms with E-state index in [0.29, 0.717) is 17.3 Å². The number of hydrogen-bond donors (Lipinski definition) is 1. The average Bonchev–Trinajstić information content (AvgIpc) is 2.50. The predicted molar refractivity (Wildman–Crippen MR) is 92.6 cm³/mol. The largest absolute Gasteiger partial charge is 0.444 e. The van der Waals surface area contributed by atoms with Crippen molar-refractivity contribution in [1.29, 1.82) is 0 Å². The van der Waals surface area contributed by atoms with Gasteiger partial charge in [0.05, 0.1) is 28.9 Å². The summed E-state index contributed by atoms with van der Waals surface area (Å²) in [6.07, 6.45) is -1.27. The fraction of sp³-hybridized carbons (Fsp3) is 0.500. The fourth-order valence-corrected chi connectivity index (χ4v) is 2.46. The van der Waals surface area contributed by atoms with Crippen LogP contribution in [0.15, 0.2) is 18.2 Å². The molecular formula is C16H20Cl2N2O4. The van der Waals surface area contributed by atoms with Gasteiger partial charge in [-0.15, -0.1) is 0 Å². The Labute approximate surface area is 151 Å². The maximum absolute atomic E-state index is 12.4. The summed E-state index contributed by atoms with van der Waals surface area (Å²) >= 11 is 12.0. The number of ether oxygens (including phenoxy) is 2. The summed E-state index contributed by atoms with van der Waals surface area (Å²) in [5.74, 6) is -0.396. The molecule has 0 aromatic heterocycles. The highest BCUT2D eigenvalue weighted by Gasteiger charge is 2.32. The zero-order chi connectivity index (χ0) is 17.9. The monoisotopic (exact) mass is 374 g/mol. The minimum atomic E-state index is -0.804. The van der Waals surface area contributed by atoms with Crippen LogP contribution in [0.3, 0.4) is 0 Å². The molecule has 8 heteroatoms. The van der Waals surface area contributed by atoms with Gasteiger partial charge >= 0.3 is 6.09 Å². The van der Waals surface area contributed by atoms with Crippen molar-refractivity contribution in [2.75, 3.05) is 25.0 Å². The molecule has 1 aliphatic heterocycles. The molecule has 1 unspecified atom stereocenters. The quantitative estimate of drug-likeness (QED) is 0.858. The van der Waals surface area contributed by atoms with Crippen LogP contribution in [0.4, 0.5) is 10.5 Å². The van der Waals surface area contributed by atoms with Crippen molar-refractivity contribution in [2.45, 2.75) is 32.5 Å². The summed E-state index contributed by atoms with van der Waals surface area (Å²) in [6.45, 7) is 6.10. The number of anilines is 1. The number of rotatable bonds is 2. The van der Waals surface area contributed by atoms with Crippen molar-refractivity contribution in [3.05, 3.63) is 28.2 Å². The van der Waals surface area contributed by atoms with Gasteiger partial charge in [-0.25, -0.2) is 4.79 Å². The van der Waals surface area contributed by atoms with Crippen LogP contribution in [-0.4, -0.2) is 48.3 Å². The summed E-state index contributed by atoms with van der Waals surface area (Å²) in [5, 5.41) is 3.27.